The lowest BCUT2D eigenvalue weighted by Gasteiger charge is -2.39. The second-order valence-electron chi connectivity index (χ2n) is 6.21. The summed E-state index contributed by atoms with van der Waals surface area (Å²) in [7, 11) is 0. The van der Waals surface area contributed by atoms with Crippen molar-refractivity contribution in [2.24, 2.45) is 0 Å². The van der Waals surface area contributed by atoms with Gasteiger partial charge >= 0.3 is 5.97 Å². The third-order valence-corrected chi connectivity index (χ3v) is 4.58. The first kappa shape index (κ1) is 17.5. The highest BCUT2D eigenvalue weighted by Crippen LogP contribution is 2.35. The largest absolute Gasteiger partial charge is 0.480 e. The summed E-state index contributed by atoms with van der Waals surface area (Å²) in [6.45, 7) is 0.439. The molecule has 1 aliphatic heterocycles. The fourth-order valence-electron chi connectivity index (χ4n) is 3.48. The molecule has 0 spiro atoms. The molecule has 1 saturated heterocycles. The molecule has 1 N–H and O–H groups in total. The summed E-state index contributed by atoms with van der Waals surface area (Å²) in [4.78, 5) is 13.3. The maximum atomic E-state index is 14.5. The second kappa shape index (κ2) is 7.27. The van der Waals surface area contributed by atoms with Gasteiger partial charge in [0.2, 0.25) is 0 Å². The molecule has 0 amide bonds. The van der Waals surface area contributed by atoms with Gasteiger partial charge in [0, 0.05) is 11.6 Å². The fraction of sp³-hybridized carbons (Fsp3) is 0.316. The topological polar surface area (TPSA) is 40.5 Å². The number of carboxylic acid groups (broad SMARTS) is 1. The van der Waals surface area contributed by atoms with Crippen LogP contribution in [0.25, 0.3) is 0 Å². The third-order valence-electron chi connectivity index (χ3n) is 4.58. The van der Waals surface area contributed by atoms with Crippen LogP contribution in [0.5, 0.6) is 0 Å². The molecule has 3 rings (SSSR count). The van der Waals surface area contributed by atoms with Crippen molar-refractivity contribution in [1.29, 1.82) is 0 Å². The van der Waals surface area contributed by atoms with E-state index in [0.29, 0.717) is 18.5 Å². The molecule has 0 bridgehead atoms. The average molecular weight is 349 g/mol. The predicted molar refractivity (Wildman–Crippen MR) is 86.6 cm³/mol. The van der Waals surface area contributed by atoms with E-state index in [1.807, 2.05) is 0 Å². The molecule has 25 heavy (non-hydrogen) atoms. The Labute approximate surface area is 143 Å². The molecule has 3 nitrogen and oxygen atoms in total. The van der Waals surface area contributed by atoms with Gasteiger partial charge < -0.3 is 5.11 Å². The Morgan fingerprint density at radius 2 is 1.84 bits per heavy atom. The molecule has 0 aromatic heterocycles. The molecule has 2 atom stereocenters. The number of halogens is 3. The summed E-state index contributed by atoms with van der Waals surface area (Å²) in [6, 6.07) is 7.26. The van der Waals surface area contributed by atoms with Gasteiger partial charge in [-0.1, -0.05) is 24.6 Å². The minimum absolute atomic E-state index is 0.139. The van der Waals surface area contributed by atoms with E-state index >= 15 is 0 Å². The zero-order chi connectivity index (χ0) is 18.0. The lowest BCUT2D eigenvalue weighted by Crippen LogP contribution is -2.47. The van der Waals surface area contributed by atoms with Crippen LogP contribution < -0.4 is 0 Å². The van der Waals surface area contributed by atoms with E-state index < -0.39 is 35.5 Å². The highest BCUT2D eigenvalue weighted by Gasteiger charge is 2.36. The fourth-order valence-corrected chi connectivity index (χ4v) is 3.48. The minimum Gasteiger partial charge on any atom is -0.480 e. The summed E-state index contributed by atoms with van der Waals surface area (Å²) in [6.07, 6.45) is 1.96. The number of carbonyl (C=O) groups is 1. The molecule has 0 radical (unpaired) electrons. The molecule has 0 aliphatic carbocycles. The molecule has 1 fully saturated rings. The zero-order valence-electron chi connectivity index (χ0n) is 13.5. The van der Waals surface area contributed by atoms with E-state index in [2.05, 4.69) is 0 Å². The first-order chi connectivity index (χ1) is 12.0. The Kier molecular flexibility index (Phi) is 5.08. The number of aliphatic carboxylic acids is 1. The van der Waals surface area contributed by atoms with Crippen molar-refractivity contribution in [3.63, 3.8) is 0 Å². The highest BCUT2D eigenvalue weighted by atomic mass is 19.1. The van der Waals surface area contributed by atoms with Crippen molar-refractivity contribution >= 4 is 5.97 Å². The Morgan fingerprint density at radius 3 is 2.52 bits per heavy atom. The highest BCUT2D eigenvalue weighted by molar-refractivity contribution is 5.73. The molecule has 2 unspecified atom stereocenters. The van der Waals surface area contributed by atoms with Crippen molar-refractivity contribution in [2.45, 2.75) is 31.3 Å². The third kappa shape index (κ3) is 3.69. The molecular weight excluding hydrogens is 331 g/mol. The summed E-state index contributed by atoms with van der Waals surface area (Å²) in [5.41, 5.74) is 0.582. The van der Waals surface area contributed by atoms with E-state index in [0.717, 1.165) is 25.0 Å². The smallest absolute Gasteiger partial charge is 0.320 e. The first-order valence-corrected chi connectivity index (χ1v) is 8.16. The van der Waals surface area contributed by atoms with Crippen LogP contribution in [-0.4, -0.2) is 28.6 Å². The van der Waals surface area contributed by atoms with Gasteiger partial charge in [-0.2, -0.15) is 0 Å². The quantitative estimate of drug-likeness (QED) is 0.902. The van der Waals surface area contributed by atoms with E-state index in [1.165, 1.54) is 24.3 Å². The number of piperidine rings is 1. The van der Waals surface area contributed by atoms with Crippen LogP contribution in [-0.2, 0) is 4.79 Å². The Morgan fingerprint density at radius 1 is 1.08 bits per heavy atom. The number of hydrogen-bond donors (Lipinski definition) is 1. The van der Waals surface area contributed by atoms with Gasteiger partial charge in [0.15, 0.2) is 0 Å². The van der Waals surface area contributed by atoms with E-state index in [4.69, 9.17) is 0 Å². The number of nitrogens with zero attached hydrogens (tertiary/aromatic N) is 1. The SMILES string of the molecule is O=C(O)C1CCCCN1C(c1cccc(F)c1)c1ccc(F)cc1F. The summed E-state index contributed by atoms with van der Waals surface area (Å²) in [5.74, 6) is -2.98. The van der Waals surface area contributed by atoms with Gasteiger partial charge in [-0.15, -0.1) is 0 Å². The maximum Gasteiger partial charge on any atom is 0.320 e. The van der Waals surface area contributed by atoms with E-state index in [-0.39, 0.29) is 5.56 Å². The van der Waals surface area contributed by atoms with Crippen LogP contribution in [0.3, 0.4) is 0 Å². The van der Waals surface area contributed by atoms with E-state index in [9.17, 15) is 23.1 Å². The Balaban J connectivity index is 2.12. The normalized spacial score (nSPS) is 19.6. The molecule has 132 valence electrons. The van der Waals surface area contributed by atoms with Gasteiger partial charge in [-0.25, -0.2) is 13.2 Å². The number of rotatable bonds is 4. The minimum atomic E-state index is -0.997. The number of benzene rings is 2. The van der Waals surface area contributed by atoms with Gasteiger partial charge in [0.1, 0.15) is 23.5 Å². The van der Waals surface area contributed by atoms with Crippen molar-refractivity contribution in [2.75, 3.05) is 6.54 Å². The number of likely N-dealkylation sites (tertiary alicyclic amines) is 1. The summed E-state index contributed by atoms with van der Waals surface area (Å²) < 4.78 is 41.5. The van der Waals surface area contributed by atoms with Gasteiger partial charge in [-0.3, -0.25) is 9.69 Å². The van der Waals surface area contributed by atoms with Gasteiger partial charge in [-0.05, 0) is 43.1 Å². The van der Waals surface area contributed by atoms with Crippen LogP contribution in [0.2, 0.25) is 0 Å². The van der Waals surface area contributed by atoms with Crippen molar-refractivity contribution < 1.29 is 23.1 Å². The average Bonchev–Trinajstić information content (AvgIpc) is 2.57. The summed E-state index contributed by atoms with van der Waals surface area (Å²) in [5, 5.41) is 9.55. The molecule has 1 aliphatic rings. The van der Waals surface area contributed by atoms with Crippen LogP contribution in [0.4, 0.5) is 13.2 Å². The lowest BCUT2D eigenvalue weighted by molar-refractivity contribution is -0.145. The second-order valence-corrected chi connectivity index (χ2v) is 6.21. The van der Waals surface area contributed by atoms with E-state index in [1.54, 1.807) is 11.0 Å². The zero-order valence-corrected chi connectivity index (χ0v) is 13.5. The molecule has 2 aromatic rings. The van der Waals surface area contributed by atoms with Crippen LogP contribution in [0.15, 0.2) is 42.5 Å². The standard InChI is InChI=1S/C19H18F3NO2/c20-13-5-3-4-12(10-13)18(15-8-7-14(21)11-16(15)22)23-9-2-1-6-17(23)19(24)25/h3-5,7-8,10-11,17-18H,1-2,6,9H2,(H,24,25). The molecule has 6 heteroatoms. The van der Waals surface area contributed by atoms with Crippen LogP contribution in [0, 0.1) is 17.5 Å². The molecule has 2 aromatic carbocycles. The number of hydrogen-bond acceptors (Lipinski definition) is 2. The van der Waals surface area contributed by atoms with Gasteiger partial charge in [0.25, 0.3) is 0 Å². The van der Waals surface area contributed by atoms with Crippen molar-refractivity contribution in [3.8, 4) is 0 Å². The first-order valence-electron chi connectivity index (χ1n) is 8.16. The Bertz CT molecular complexity index is 781. The number of carboxylic acids is 1. The van der Waals surface area contributed by atoms with Crippen molar-refractivity contribution in [1.82, 2.24) is 4.90 Å². The molecule has 0 saturated carbocycles. The lowest BCUT2D eigenvalue weighted by atomic mass is 9.91. The maximum absolute atomic E-state index is 14.5. The molecule has 1 heterocycles. The van der Waals surface area contributed by atoms with Gasteiger partial charge in [0.05, 0.1) is 6.04 Å². The molecular formula is C19H18F3NO2. The van der Waals surface area contributed by atoms with Crippen LogP contribution >= 0.6 is 0 Å². The summed E-state index contributed by atoms with van der Waals surface area (Å²) >= 11 is 0. The van der Waals surface area contributed by atoms with Crippen LogP contribution in [0.1, 0.15) is 36.4 Å². The van der Waals surface area contributed by atoms with Crippen molar-refractivity contribution in [3.05, 3.63) is 71.0 Å². The monoisotopic (exact) mass is 349 g/mol. The predicted octanol–water partition coefficient (Wildman–Crippen LogP) is 4.13. The Hall–Kier alpha value is -2.34.